The van der Waals surface area contributed by atoms with Gasteiger partial charge in [-0.15, -0.1) is 0 Å². The molecule has 4 unspecified atom stereocenters. The number of nitrogens with zero attached hydrogens (tertiary/aromatic N) is 4. The lowest BCUT2D eigenvalue weighted by atomic mass is 9.79. The first-order chi connectivity index (χ1) is 30.2. The number of rotatable bonds is 11. The van der Waals surface area contributed by atoms with Gasteiger partial charge in [0.05, 0.1) is 50.1 Å². The molecule has 3 fully saturated rings. The molecule has 4 aliphatic rings. The normalized spacial score (nSPS) is 20.9. The number of alkyl halides is 2. The zero-order valence-corrected chi connectivity index (χ0v) is 36.9. The van der Waals surface area contributed by atoms with Gasteiger partial charge in [0.25, 0.3) is 5.92 Å². The number of carbonyl (C=O) groups excluding carboxylic acids is 4. The molecule has 1 saturated carbocycles. The second-order valence-corrected chi connectivity index (χ2v) is 18.3. The number of hydrogen-bond donors (Lipinski definition) is 4. The van der Waals surface area contributed by atoms with Crippen LogP contribution in [0.4, 0.5) is 18.4 Å². The maximum absolute atomic E-state index is 17.2. The molecule has 8 rings (SSSR count). The maximum atomic E-state index is 17.2. The molecule has 14 nitrogen and oxygen atoms in total. The number of H-pyrrole nitrogens is 2. The molecule has 2 aromatic carbocycles. The molecule has 4 heterocycles. The lowest BCUT2D eigenvalue weighted by Crippen LogP contribution is -2.51. The number of aromatic amines is 2. The predicted molar refractivity (Wildman–Crippen MR) is 231 cm³/mol. The van der Waals surface area contributed by atoms with Crippen molar-refractivity contribution in [1.29, 1.82) is 0 Å². The van der Waals surface area contributed by atoms with E-state index in [0.29, 0.717) is 78.4 Å². The van der Waals surface area contributed by atoms with Crippen LogP contribution in [-0.2, 0) is 31.4 Å². The largest absolute Gasteiger partial charge is 0.453 e. The summed E-state index contributed by atoms with van der Waals surface area (Å²) in [6, 6.07) is 9.07. The van der Waals surface area contributed by atoms with Crippen molar-refractivity contribution in [3.05, 3.63) is 71.6 Å². The number of benzene rings is 2. The van der Waals surface area contributed by atoms with Crippen LogP contribution in [0.15, 0.2) is 48.8 Å². The Labute approximate surface area is 366 Å². The molecule has 2 saturated heterocycles. The summed E-state index contributed by atoms with van der Waals surface area (Å²) in [6.07, 6.45) is 7.66. The molecular formula is C47H58F2N8O6. The SMILES string of the molecule is COC(=O)NC(C(=O)N1CCCC1c1ncc(-c2ccc(-c3ccc(-c4cnc(C5CCCN5C(=O)C(NC(=O)OC)C(C)C)[nH]4)c4c3C(F)(F)C3(CCCC3)C4)cc2)[nH]1)C(C)C. The van der Waals surface area contributed by atoms with Crippen LogP contribution in [0.1, 0.15) is 114 Å². The molecule has 2 aliphatic heterocycles. The summed E-state index contributed by atoms with van der Waals surface area (Å²) in [5.41, 5.74) is 3.54. The van der Waals surface area contributed by atoms with Gasteiger partial charge in [-0.25, -0.2) is 28.3 Å². The van der Waals surface area contributed by atoms with Crippen LogP contribution in [0.2, 0.25) is 0 Å². The van der Waals surface area contributed by atoms with Gasteiger partial charge >= 0.3 is 12.2 Å². The Kier molecular flexibility index (Phi) is 12.1. The summed E-state index contributed by atoms with van der Waals surface area (Å²) in [5.74, 6) is -2.60. The molecule has 1 spiro atoms. The third-order valence-electron chi connectivity index (χ3n) is 13.8. The number of amides is 4. The molecule has 4 N–H and O–H groups in total. The molecule has 16 heteroatoms. The number of halogens is 2. The monoisotopic (exact) mass is 868 g/mol. The third-order valence-corrected chi connectivity index (χ3v) is 13.8. The summed E-state index contributed by atoms with van der Waals surface area (Å²) in [6.45, 7) is 8.51. The lowest BCUT2D eigenvalue weighted by molar-refractivity contribution is -0.136. The fourth-order valence-corrected chi connectivity index (χ4v) is 10.5. The van der Waals surface area contributed by atoms with E-state index in [4.69, 9.17) is 14.5 Å². The van der Waals surface area contributed by atoms with E-state index < -0.39 is 35.6 Å². The Hall–Kier alpha value is -5.80. The highest BCUT2D eigenvalue weighted by Crippen LogP contribution is 2.64. The first-order valence-electron chi connectivity index (χ1n) is 22.2. The minimum Gasteiger partial charge on any atom is -0.453 e. The molecular weight excluding hydrogens is 811 g/mol. The van der Waals surface area contributed by atoms with Crippen molar-refractivity contribution in [2.24, 2.45) is 17.3 Å². The van der Waals surface area contributed by atoms with Crippen molar-refractivity contribution in [3.63, 3.8) is 0 Å². The molecule has 2 aliphatic carbocycles. The molecule has 4 aromatic rings. The Balaban J connectivity index is 1.07. The standard InChI is InChI=1S/C47H58F2N8O6/c1-26(2)38(54-44(60)62-5)42(58)56-21-9-11-35(56)40-50-24-33(52-40)29-15-13-28(14-16-29)30-17-18-31(32-23-46(19-7-8-20-46)47(48,49)37(30)32)34-25-51-41(53-34)36-12-10-22-57(36)43(59)39(27(3)4)55-45(61)63-6/h13-18,24-27,35-36,38-39H,7-12,19-23H2,1-6H3,(H,50,52)(H,51,53)(H,54,60)(H,55,61). The summed E-state index contributed by atoms with van der Waals surface area (Å²) in [7, 11) is 2.53. The first kappa shape index (κ1) is 43.8. The Morgan fingerprint density at radius 1 is 0.698 bits per heavy atom. The minimum absolute atomic E-state index is 0.0633. The highest BCUT2D eigenvalue weighted by molar-refractivity contribution is 5.87. The highest BCUT2D eigenvalue weighted by atomic mass is 19.3. The first-order valence-corrected chi connectivity index (χ1v) is 22.2. The number of ether oxygens (including phenoxy) is 2. The van der Waals surface area contributed by atoms with Crippen LogP contribution in [0.25, 0.3) is 33.6 Å². The van der Waals surface area contributed by atoms with E-state index in [9.17, 15) is 19.2 Å². The van der Waals surface area contributed by atoms with Gasteiger partial charge in [-0.3, -0.25) is 9.59 Å². The second kappa shape index (κ2) is 17.4. The van der Waals surface area contributed by atoms with E-state index in [2.05, 4.69) is 25.6 Å². The van der Waals surface area contributed by atoms with Crippen LogP contribution in [-0.4, -0.2) is 93.1 Å². The van der Waals surface area contributed by atoms with Crippen molar-refractivity contribution in [2.75, 3.05) is 27.3 Å². The molecule has 0 radical (unpaired) electrons. The van der Waals surface area contributed by atoms with Crippen LogP contribution >= 0.6 is 0 Å². The molecule has 4 atom stereocenters. The molecule has 0 bridgehead atoms. The summed E-state index contributed by atoms with van der Waals surface area (Å²) < 4.78 is 43.9. The van der Waals surface area contributed by atoms with E-state index in [1.54, 1.807) is 28.3 Å². The van der Waals surface area contributed by atoms with E-state index in [0.717, 1.165) is 36.9 Å². The molecule has 4 amide bonds. The van der Waals surface area contributed by atoms with Crippen LogP contribution in [0.5, 0.6) is 0 Å². The average molecular weight is 869 g/mol. The van der Waals surface area contributed by atoms with Crippen LogP contribution in [0, 0.1) is 17.3 Å². The Morgan fingerprint density at radius 2 is 1.17 bits per heavy atom. The number of likely N-dealkylation sites (tertiary alicyclic amines) is 2. The van der Waals surface area contributed by atoms with Crippen molar-refractivity contribution in [2.45, 2.75) is 116 Å². The van der Waals surface area contributed by atoms with Crippen molar-refractivity contribution in [1.82, 2.24) is 40.4 Å². The van der Waals surface area contributed by atoms with Gasteiger partial charge in [-0.1, -0.05) is 76.9 Å². The van der Waals surface area contributed by atoms with Gasteiger partial charge in [-0.05, 0) is 79.0 Å². The summed E-state index contributed by atoms with van der Waals surface area (Å²) in [4.78, 5) is 71.4. The van der Waals surface area contributed by atoms with E-state index in [-0.39, 0.29) is 47.7 Å². The quantitative estimate of drug-likeness (QED) is 0.116. The number of alkyl carbamates (subject to hydrolysis) is 2. The highest BCUT2D eigenvalue weighted by Gasteiger charge is 2.62. The summed E-state index contributed by atoms with van der Waals surface area (Å²) in [5, 5.41) is 5.36. The smallest absolute Gasteiger partial charge is 0.407 e. The van der Waals surface area contributed by atoms with Gasteiger partial charge in [0.2, 0.25) is 11.8 Å². The lowest BCUT2D eigenvalue weighted by Gasteiger charge is -2.31. The van der Waals surface area contributed by atoms with E-state index in [1.165, 1.54) is 14.2 Å². The number of carbonyl (C=O) groups is 4. The Morgan fingerprint density at radius 3 is 1.68 bits per heavy atom. The van der Waals surface area contributed by atoms with Gasteiger partial charge < -0.3 is 39.9 Å². The molecule has 2 aromatic heterocycles. The number of imidazole rings is 2. The van der Waals surface area contributed by atoms with Crippen LogP contribution in [0.3, 0.4) is 0 Å². The third kappa shape index (κ3) is 7.94. The maximum Gasteiger partial charge on any atom is 0.407 e. The second-order valence-electron chi connectivity index (χ2n) is 18.3. The van der Waals surface area contributed by atoms with Gasteiger partial charge in [0.1, 0.15) is 23.7 Å². The van der Waals surface area contributed by atoms with Gasteiger partial charge in [-0.2, -0.15) is 0 Å². The fraction of sp³-hybridized carbons (Fsp3) is 0.532. The Bertz CT molecular complexity index is 2350. The summed E-state index contributed by atoms with van der Waals surface area (Å²) >= 11 is 0. The minimum atomic E-state index is -3.07. The molecule has 336 valence electrons. The number of methoxy groups -OCH3 is 2. The number of fused-ring (bicyclic) bond motifs is 1. The van der Waals surface area contributed by atoms with E-state index in [1.807, 2.05) is 58.0 Å². The number of nitrogens with one attached hydrogen (secondary N) is 4. The van der Waals surface area contributed by atoms with Crippen LogP contribution < -0.4 is 10.6 Å². The topological polar surface area (TPSA) is 175 Å². The van der Waals surface area contributed by atoms with Crippen molar-refractivity contribution in [3.8, 4) is 33.6 Å². The van der Waals surface area contributed by atoms with Gasteiger partial charge in [0, 0.05) is 29.6 Å². The predicted octanol–water partition coefficient (Wildman–Crippen LogP) is 8.43. The zero-order valence-electron chi connectivity index (χ0n) is 36.9. The van der Waals surface area contributed by atoms with E-state index >= 15 is 8.78 Å². The number of aromatic nitrogens is 4. The number of hydrogen-bond acceptors (Lipinski definition) is 8. The fourth-order valence-electron chi connectivity index (χ4n) is 10.5. The molecule has 63 heavy (non-hydrogen) atoms. The van der Waals surface area contributed by atoms with Crippen molar-refractivity contribution < 1.29 is 37.4 Å². The average Bonchev–Trinajstić information content (AvgIpc) is 4.13. The van der Waals surface area contributed by atoms with Crippen molar-refractivity contribution >= 4 is 24.0 Å². The van der Waals surface area contributed by atoms with Gasteiger partial charge in [0.15, 0.2) is 0 Å². The zero-order chi connectivity index (χ0) is 44.8.